The molecule has 1 aromatic heterocycles. The van der Waals surface area contributed by atoms with Crippen LogP contribution in [0.5, 0.6) is 0 Å². The molecule has 0 unspecified atom stereocenters. The van der Waals surface area contributed by atoms with Gasteiger partial charge in [-0.2, -0.15) is 4.31 Å². The number of thiophene rings is 1. The van der Waals surface area contributed by atoms with Crippen LogP contribution >= 0.6 is 11.3 Å². The van der Waals surface area contributed by atoms with Crippen LogP contribution in [0.3, 0.4) is 0 Å². The second kappa shape index (κ2) is 8.36. The summed E-state index contributed by atoms with van der Waals surface area (Å²) in [4.78, 5) is 13.0. The van der Waals surface area contributed by atoms with Crippen LogP contribution in [0, 0.1) is 0 Å². The predicted molar refractivity (Wildman–Crippen MR) is 116 cm³/mol. The van der Waals surface area contributed by atoms with Gasteiger partial charge in [0.1, 0.15) is 9.77 Å². The van der Waals surface area contributed by atoms with Crippen LogP contribution in [0.4, 0.5) is 17.1 Å². The van der Waals surface area contributed by atoms with E-state index < -0.39 is 15.9 Å². The van der Waals surface area contributed by atoms with Gasteiger partial charge in [-0.15, -0.1) is 11.3 Å². The Balaban J connectivity index is 1.47. The number of carbonyl (C=O) groups is 1. The fraction of sp³-hybridized carbons (Fsp3) is 0.190. The maximum atomic E-state index is 12.8. The third-order valence-corrected chi connectivity index (χ3v) is 7.71. The Morgan fingerprint density at radius 3 is 2.17 bits per heavy atom. The van der Waals surface area contributed by atoms with Crippen molar-refractivity contribution in [2.24, 2.45) is 0 Å². The summed E-state index contributed by atoms with van der Waals surface area (Å²) in [6, 6.07) is 18.6. The van der Waals surface area contributed by atoms with Gasteiger partial charge in [0.15, 0.2) is 0 Å². The molecule has 8 heteroatoms. The molecule has 1 fully saturated rings. The molecule has 3 aromatic rings. The minimum absolute atomic E-state index is 0.0873. The number of anilines is 3. The molecule has 0 aliphatic carbocycles. The maximum absolute atomic E-state index is 12.8. The first-order chi connectivity index (χ1) is 14.0. The summed E-state index contributed by atoms with van der Waals surface area (Å²) in [5.41, 5.74) is 2.47. The summed E-state index contributed by atoms with van der Waals surface area (Å²) >= 11 is 1.14. The van der Waals surface area contributed by atoms with Gasteiger partial charge in [-0.3, -0.25) is 4.79 Å². The Hall–Kier alpha value is -2.68. The van der Waals surface area contributed by atoms with E-state index in [1.165, 1.54) is 10.4 Å². The van der Waals surface area contributed by atoms with E-state index in [0.717, 1.165) is 35.6 Å². The molecule has 2 heterocycles. The van der Waals surface area contributed by atoms with Crippen LogP contribution in [0.15, 0.2) is 70.9 Å². The molecule has 0 radical (unpaired) electrons. The van der Waals surface area contributed by atoms with Gasteiger partial charge in [0, 0.05) is 30.2 Å². The summed E-state index contributed by atoms with van der Waals surface area (Å²) in [5, 5.41) is 7.72. The van der Waals surface area contributed by atoms with Crippen molar-refractivity contribution < 1.29 is 13.2 Å². The minimum atomic E-state index is -3.63. The van der Waals surface area contributed by atoms with Crippen LogP contribution in [0.25, 0.3) is 0 Å². The topological polar surface area (TPSA) is 78.5 Å². The van der Waals surface area contributed by atoms with Crippen LogP contribution in [-0.2, 0) is 10.0 Å². The number of hydrogen-bond acceptors (Lipinski definition) is 5. The second-order valence-corrected chi connectivity index (χ2v) is 9.57. The molecule has 1 aliphatic rings. The first kappa shape index (κ1) is 19.6. The maximum Gasteiger partial charge on any atom is 0.267 e. The SMILES string of the molecule is O=C(Nc1ccc(Nc2ccccc2)cc1)c1sccc1S(=O)(=O)N1CCCC1. The molecule has 0 spiro atoms. The van der Waals surface area contributed by atoms with E-state index in [4.69, 9.17) is 0 Å². The molecule has 1 amide bonds. The van der Waals surface area contributed by atoms with Crippen molar-refractivity contribution in [2.45, 2.75) is 17.7 Å². The third kappa shape index (κ3) is 4.34. The van der Waals surface area contributed by atoms with Crippen molar-refractivity contribution in [2.75, 3.05) is 23.7 Å². The average molecular weight is 428 g/mol. The van der Waals surface area contributed by atoms with Gasteiger partial charge < -0.3 is 10.6 Å². The zero-order valence-electron chi connectivity index (χ0n) is 15.7. The Bertz CT molecular complexity index is 1090. The lowest BCUT2D eigenvalue weighted by Crippen LogP contribution is -2.29. The summed E-state index contributed by atoms with van der Waals surface area (Å²) in [6.07, 6.45) is 1.71. The molecule has 6 nitrogen and oxygen atoms in total. The molecule has 1 aliphatic heterocycles. The van der Waals surface area contributed by atoms with E-state index in [0.29, 0.717) is 18.8 Å². The highest BCUT2D eigenvalue weighted by Gasteiger charge is 2.31. The quantitative estimate of drug-likeness (QED) is 0.606. The molecule has 0 bridgehead atoms. The highest BCUT2D eigenvalue weighted by molar-refractivity contribution is 7.89. The van der Waals surface area contributed by atoms with Gasteiger partial charge in [0.2, 0.25) is 10.0 Å². The lowest BCUT2D eigenvalue weighted by atomic mass is 10.2. The normalized spacial score (nSPS) is 14.6. The van der Waals surface area contributed by atoms with Gasteiger partial charge >= 0.3 is 0 Å². The highest BCUT2D eigenvalue weighted by atomic mass is 32.2. The number of carbonyl (C=O) groups excluding carboxylic acids is 1. The van der Waals surface area contributed by atoms with Crippen molar-refractivity contribution in [3.63, 3.8) is 0 Å². The number of nitrogens with zero attached hydrogens (tertiary/aromatic N) is 1. The number of sulfonamides is 1. The summed E-state index contributed by atoms with van der Waals surface area (Å²) in [5.74, 6) is -0.415. The minimum Gasteiger partial charge on any atom is -0.356 e. The molecule has 29 heavy (non-hydrogen) atoms. The zero-order chi connectivity index (χ0) is 20.3. The van der Waals surface area contributed by atoms with E-state index in [9.17, 15) is 13.2 Å². The van der Waals surface area contributed by atoms with Crippen molar-refractivity contribution in [3.05, 3.63) is 70.9 Å². The lowest BCUT2D eigenvalue weighted by Gasteiger charge is -2.15. The number of para-hydroxylation sites is 1. The number of amides is 1. The Kier molecular flexibility index (Phi) is 5.66. The molecule has 150 valence electrons. The predicted octanol–water partition coefficient (Wildman–Crippen LogP) is 4.53. The van der Waals surface area contributed by atoms with E-state index in [1.807, 2.05) is 42.5 Å². The highest BCUT2D eigenvalue weighted by Crippen LogP contribution is 2.28. The third-order valence-electron chi connectivity index (χ3n) is 4.72. The molecular formula is C21H21N3O3S2. The van der Waals surface area contributed by atoms with Crippen LogP contribution in [0.1, 0.15) is 22.5 Å². The Labute approximate surface area is 174 Å². The van der Waals surface area contributed by atoms with Gasteiger partial charge in [-0.05, 0) is 60.7 Å². The number of hydrogen-bond donors (Lipinski definition) is 2. The second-order valence-electron chi connectivity index (χ2n) is 6.75. The first-order valence-corrected chi connectivity index (χ1v) is 11.7. The van der Waals surface area contributed by atoms with Crippen molar-refractivity contribution in [1.29, 1.82) is 0 Å². The van der Waals surface area contributed by atoms with Crippen molar-refractivity contribution in [1.82, 2.24) is 4.31 Å². The van der Waals surface area contributed by atoms with Gasteiger partial charge in [-0.1, -0.05) is 18.2 Å². The largest absolute Gasteiger partial charge is 0.356 e. The first-order valence-electron chi connectivity index (χ1n) is 9.35. The molecule has 4 rings (SSSR count). The Morgan fingerprint density at radius 2 is 1.48 bits per heavy atom. The monoisotopic (exact) mass is 427 g/mol. The van der Waals surface area contributed by atoms with E-state index in [2.05, 4.69) is 10.6 Å². The van der Waals surface area contributed by atoms with E-state index >= 15 is 0 Å². The standard InChI is InChI=1S/C21H21N3O3S2/c25-21(20-19(12-15-28-20)29(26,27)24-13-4-5-14-24)23-18-10-8-17(9-11-18)22-16-6-2-1-3-7-16/h1-3,6-12,15,22H,4-5,13-14H2,(H,23,25). The molecule has 0 saturated carbocycles. The van der Waals surface area contributed by atoms with Crippen molar-refractivity contribution in [3.8, 4) is 0 Å². The molecule has 1 saturated heterocycles. The smallest absolute Gasteiger partial charge is 0.267 e. The molecule has 0 atom stereocenters. The Morgan fingerprint density at radius 1 is 0.862 bits per heavy atom. The van der Waals surface area contributed by atoms with Gasteiger partial charge in [-0.25, -0.2) is 8.42 Å². The molecule has 2 N–H and O–H groups in total. The number of benzene rings is 2. The average Bonchev–Trinajstić information content (AvgIpc) is 3.43. The van der Waals surface area contributed by atoms with Crippen LogP contribution in [0.2, 0.25) is 0 Å². The zero-order valence-corrected chi connectivity index (χ0v) is 17.3. The van der Waals surface area contributed by atoms with Gasteiger partial charge in [0.05, 0.1) is 0 Å². The van der Waals surface area contributed by atoms with Crippen LogP contribution in [-0.4, -0.2) is 31.7 Å². The fourth-order valence-corrected chi connectivity index (χ4v) is 6.06. The number of nitrogens with one attached hydrogen (secondary N) is 2. The van der Waals surface area contributed by atoms with E-state index in [1.54, 1.807) is 17.5 Å². The number of rotatable bonds is 6. The summed E-state index contributed by atoms with van der Waals surface area (Å²) < 4.78 is 27.1. The summed E-state index contributed by atoms with van der Waals surface area (Å²) in [6.45, 7) is 1.02. The molecular weight excluding hydrogens is 406 g/mol. The van der Waals surface area contributed by atoms with Crippen LogP contribution < -0.4 is 10.6 Å². The lowest BCUT2D eigenvalue weighted by molar-refractivity contribution is 0.102. The fourth-order valence-electron chi connectivity index (χ4n) is 3.25. The van der Waals surface area contributed by atoms with Gasteiger partial charge in [0.25, 0.3) is 5.91 Å². The summed E-state index contributed by atoms with van der Waals surface area (Å²) in [7, 11) is -3.63. The van der Waals surface area contributed by atoms with E-state index in [-0.39, 0.29) is 9.77 Å². The van der Waals surface area contributed by atoms with Crippen molar-refractivity contribution >= 4 is 44.3 Å². The molecule has 2 aromatic carbocycles.